The highest BCUT2D eigenvalue weighted by Gasteiger charge is 2.27. The molecular formula is C25H23N5OS. The lowest BCUT2D eigenvalue weighted by molar-refractivity contribution is 0.249. The average Bonchev–Trinajstić information content (AvgIpc) is 3.36. The maximum absolute atomic E-state index is 13.8. The zero-order valence-corrected chi connectivity index (χ0v) is 18.9. The Hall–Kier alpha value is -3.29. The fraction of sp³-hybridized carbons (Fsp3) is 0.240. The van der Waals surface area contributed by atoms with Crippen molar-refractivity contribution in [2.24, 2.45) is 0 Å². The number of rotatable bonds is 3. The Bertz CT molecular complexity index is 1510. The lowest BCUT2D eigenvalue weighted by atomic mass is 10.0. The summed E-state index contributed by atoms with van der Waals surface area (Å²) in [6.45, 7) is 6.71. The molecule has 1 aliphatic heterocycles. The Labute approximate surface area is 189 Å². The summed E-state index contributed by atoms with van der Waals surface area (Å²) in [5.74, 6) is 1.37. The molecule has 2 aromatic carbocycles. The minimum atomic E-state index is -0.00207. The first kappa shape index (κ1) is 19.4. The van der Waals surface area contributed by atoms with E-state index in [1.54, 1.807) is 15.9 Å². The second-order valence-electron chi connectivity index (χ2n) is 8.49. The Balaban J connectivity index is 1.52. The van der Waals surface area contributed by atoms with Crippen molar-refractivity contribution < 1.29 is 0 Å². The maximum atomic E-state index is 13.8. The molecule has 0 aliphatic carbocycles. The number of hydrogen-bond donors (Lipinski definition) is 0. The zero-order valence-electron chi connectivity index (χ0n) is 18.1. The molecule has 0 saturated heterocycles. The third-order valence-corrected chi connectivity index (χ3v) is 7.49. The van der Waals surface area contributed by atoms with Crippen LogP contribution in [0, 0.1) is 13.8 Å². The topological polar surface area (TPSA) is 55.4 Å². The van der Waals surface area contributed by atoms with Crippen LogP contribution in [0.15, 0.2) is 59.4 Å². The van der Waals surface area contributed by atoms with Crippen molar-refractivity contribution in [3.8, 4) is 5.69 Å². The van der Waals surface area contributed by atoms with Gasteiger partial charge in [-0.25, -0.2) is 4.57 Å². The number of aryl methyl sites for hydroxylation is 2. The summed E-state index contributed by atoms with van der Waals surface area (Å²) >= 11 is 1.71. The Morgan fingerprint density at radius 2 is 1.78 bits per heavy atom. The van der Waals surface area contributed by atoms with E-state index < -0.39 is 0 Å². The largest absolute Gasteiger partial charge is 0.294 e. The second kappa shape index (κ2) is 7.39. The van der Waals surface area contributed by atoms with Gasteiger partial charge in [0.15, 0.2) is 0 Å². The highest BCUT2D eigenvalue weighted by Crippen LogP contribution is 2.35. The van der Waals surface area contributed by atoms with Crippen LogP contribution < -0.4 is 5.56 Å². The van der Waals surface area contributed by atoms with Gasteiger partial charge in [-0.2, -0.15) is 0 Å². The molecule has 0 atom stereocenters. The first-order valence-corrected chi connectivity index (χ1v) is 11.7. The average molecular weight is 442 g/mol. The fourth-order valence-electron chi connectivity index (χ4n) is 4.66. The van der Waals surface area contributed by atoms with Crippen molar-refractivity contribution in [1.29, 1.82) is 0 Å². The van der Waals surface area contributed by atoms with Gasteiger partial charge in [-0.15, -0.1) is 21.5 Å². The summed E-state index contributed by atoms with van der Waals surface area (Å²) in [5, 5.41) is 9.51. The molecule has 0 bridgehead atoms. The van der Waals surface area contributed by atoms with E-state index in [4.69, 9.17) is 0 Å². The van der Waals surface area contributed by atoms with Crippen LogP contribution >= 0.6 is 11.3 Å². The number of aromatic nitrogens is 4. The second-order valence-corrected chi connectivity index (χ2v) is 9.57. The molecular weight excluding hydrogens is 418 g/mol. The normalized spacial score (nSPS) is 14.3. The monoisotopic (exact) mass is 441 g/mol. The quantitative estimate of drug-likeness (QED) is 0.420. The van der Waals surface area contributed by atoms with E-state index in [1.807, 2.05) is 42.5 Å². The Morgan fingerprint density at radius 1 is 1.00 bits per heavy atom. The molecule has 0 saturated carbocycles. The number of thiophene rings is 1. The van der Waals surface area contributed by atoms with E-state index in [-0.39, 0.29) is 5.56 Å². The van der Waals surface area contributed by atoms with Gasteiger partial charge in [0.25, 0.3) is 5.56 Å². The van der Waals surface area contributed by atoms with Crippen molar-refractivity contribution in [3.05, 3.63) is 92.3 Å². The molecule has 32 heavy (non-hydrogen) atoms. The third kappa shape index (κ3) is 3.00. The SMILES string of the molecule is Cc1ccc(-n2c(=O)c3c4c(sc3n3c(C)nnc23)CN(Cc2ccccc2)CC4)cc1. The van der Waals surface area contributed by atoms with E-state index in [0.717, 1.165) is 53.3 Å². The molecule has 0 N–H and O–H groups in total. The summed E-state index contributed by atoms with van der Waals surface area (Å²) < 4.78 is 3.76. The van der Waals surface area contributed by atoms with Crippen LogP contribution in [0.2, 0.25) is 0 Å². The van der Waals surface area contributed by atoms with Crippen LogP contribution in [0.5, 0.6) is 0 Å². The number of fused-ring (bicyclic) bond motifs is 5. The minimum absolute atomic E-state index is 0.00207. The standard InChI is InChI=1S/C25H23N5OS/c1-16-8-10-19(11-9-16)30-23(31)22-20-12-13-28(14-18-6-4-3-5-7-18)15-21(20)32-24(22)29-17(2)26-27-25(29)30/h3-11H,12-15H2,1-2H3. The van der Waals surface area contributed by atoms with Crippen LogP contribution in [0.25, 0.3) is 21.7 Å². The fourth-order valence-corrected chi connectivity index (χ4v) is 6.08. The van der Waals surface area contributed by atoms with Gasteiger partial charge < -0.3 is 0 Å². The van der Waals surface area contributed by atoms with Gasteiger partial charge in [0, 0.05) is 24.5 Å². The molecule has 5 aromatic rings. The van der Waals surface area contributed by atoms with Crippen LogP contribution in [0.3, 0.4) is 0 Å². The van der Waals surface area contributed by atoms with E-state index in [9.17, 15) is 4.79 Å². The highest BCUT2D eigenvalue weighted by atomic mass is 32.1. The first-order chi connectivity index (χ1) is 15.6. The van der Waals surface area contributed by atoms with Crippen molar-refractivity contribution in [3.63, 3.8) is 0 Å². The minimum Gasteiger partial charge on any atom is -0.294 e. The molecule has 160 valence electrons. The van der Waals surface area contributed by atoms with Crippen molar-refractivity contribution in [2.75, 3.05) is 6.54 Å². The summed E-state index contributed by atoms with van der Waals surface area (Å²) in [6.07, 6.45) is 0.873. The highest BCUT2D eigenvalue weighted by molar-refractivity contribution is 7.18. The molecule has 0 radical (unpaired) electrons. The predicted octanol–water partition coefficient (Wildman–Crippen LogP) is 4.27. The van der Waals surface area contributed by atoms with Crippen molar-refractivity contribution in [1.82, 2.24) is 24.1 Å². The van der Waals surface area contributed by atoms with Crippen LogP contribution in [0.4, 0.5) is 0 Å². The molecule has 3 aromatic heterocycles. The van der Waals surface area contributed by atoms with Crippen LogP contribution in [0.1, 0.15) is 27.4 Å². The smallest absolute Gasteiger partial charge is 0.268 e. The van der Waals surface area contributed by atoms with Gasteiger partial charge in [0.1, 0.15) is 10.7 Å². The molecule has 1 aliphatic rings. The van der Waals surface area contributed by atoms with Crippen LogP contribution in [-0.4, -0.2) is 30.6 Å². The molecule has 0 fully saturated rings. The lowest BCUT2D eigenvalue weighted by Gasteiger charge is -2.26. The zero-order chi connectivity index (χ0) is 21.8. The predicted molar refractivity (Wildman–Crippen MR) is 128 cm³/mol. The van der Waals surface area contributed by atoms with Gasteiger partial charge in [-0.3, -0.25) is 14.1 Å². The van der Waals surface area contributed by atoms with Gasteiger partial charge in [0.05, 0.1) is 11.1 Å². The number of hydrogen-bond acceptors (Lipinski definition) is 5. The van der Waals surface area contributed by atoms with E-state index >= 15 is 0 Å². The van der Waals surface area contributed by atoms with Gasteiger partial charge in [-0.05, 0) is 43.5 Å². The molecule has 6 nitrogen and oxygen atoms in total. The number of benzene rings is 2. The number of nitrogens with zero attached hydrogens (tertiary/aromatic N) is 5. The Kier molecular flexibility index (Phi) is 4.48. The lowest BCUT2D eigenvalue weighted by Crippen LogP contribution is -2.30. The first-order valence-electron chi connectivity index (χ1n) is 10.8. The molecule has 7 heteroatoms. The van der Waals surface area contributed by atoms with Crippen LogP contribution in [-0.2, 0) is 19.5 Å². The van der Waals surface area contributed by atoms with E-state index in [2.05, 4.69) is 45.4 Å². The summed E-state index contributed by atoms with van der Waals surface area (Å²) in [7, 11) is 0. The molecule has 0 amide bonds. The van der Waals surface area contributed by atoms with Crippen molar-refractivity contribution >= 4 is 27.3 Å². The van der Waals surface area contributed by atoms with E-state index in [1.165, 1.54) is 16.0 Å². The maximum Gasteiger partial charge on any atom is 0.268 e. The van der Waals surface area contributed by atoms with Gasteiger partial charge >= 0.3 is 0 Å². The van der Waals surface area contributed by atoms with Gasteiger partial charge in [0.2, 0.25) is 5.78 Å². The molecule has 0 spiro atoms. The van der Waals surface area contributed by atoms with Crippen molar-refractivity contribution in [2.45, 2.75) is 33.4 Å². The molecule has 4 heterocycles. The molecule has 0 unspecified atom stereocenters. The summed E-state index contributed by atoms with van der Waals surface area (Å²) in [6, 6.07) is 18.6. The Morgan fingerprint density at radius 3 is 2.56 bits per heavy atom. The summed E-state index contributed by atoms with van der Waals surface area (Å²) in [4.78, 5) is 18.5. The molecule has 6 rings (SSSR count). The third-order valence-electron chi connectivity index (χ3n) is 6.29. The van der Waals surface area contributed by atoms with E-state index in [0.29, 0.717) is 5.78 Å². The summed E-state index contributed by atoms with van der Waals surface area (Å²) in [5.41, 5.74) is 4.48. The van der Waals surface area contributed by atoms with Gasteiger partial charge in [-0.1, -0.05) is 48.0 Å².